The van der Waals surface area contributed by atoms with E-state index in [4.69, 9.17) is 4.98 Å². The number of fused-ring (bicyclic) bond motifs is 3. The molecule has 33 heavy (non-hydrogen) atoms. The molecule has 0 bridgehead atoms. The summed E-state index contributed by atoms with van der Waals surface area (Å²) < 4.78 is 2.32. The van der Waals surface area contributed by atoms with Crippen LogP contribution in [0.15, 0.2) is 88.9 Å². The van der Waals surface area contributed by atoms with Crippen molar-refractivity contribution >= 4 is 49.3 Å². The SMILES string of the molecule is C[C@@H](Cn1c(SCC(=O)c2ccccc2)nc2c(sc3ncccc32)c1=O)c1ccccc1. The van der Waals surface area contributed by atoms with Crippen LogP contribution in [0.4, 0.5) is 0 Å². The summed E-state index contributed by atoms with van der Waals surface area (Å²) >= 11 is 2.69. The second-order valence-electron chi connectivity index (χ2n) is 7.84. The zero-order valence-corrected chi connectivity index (χ0v) is 19.6. The first-order valence-electron chi connectivity index (χ1n) is 10.7. The molecule has 2 aromatic carbocycles. The topological polar surface area (TPSA) is 64.8 Å². The standard InChI is InChI=1S/C26H21N3O2S2/c1-17(18-9-4-2-5-10-18)15-29-25(31)23-22(20-13-8-14-27-24(20)33-23)28-26(29)32-16-21(30)19-11-6-3-7-12-19/h2-14,17H,15-16H2,1H3/t17-/m0/s1. The number of carbonyl (C=O) groups excluding carboxylic acids is 1. The van der Waals surface area contributed by atoms with Crippen LogP contribution in [0.1, 0.15) is 28.8 Å². The zero-order valence-electron chi connectivity index (χ0n) is 18.0. The van der Waals surface area contributed by atoms with Gasteiger partial charge in [0.15, 0.2) is 10.9 Å². The van der Waals surface area contributed by atoms with Crippen LogP contribution in [0, 0.1) is 0 Å². The van der Waals surface area contributed by atoms with Gasteiger partial charge in [0, 0.05) is 23.7 Å². The predicted octanol–water partition coefficient (Wildman–Crippen LogP) is 5.78. The third-order valence-corrected chi connectivity index (χ3v) is 7.64. The highest BCUT2D eigenvalue weighted by molar-refractivity contribution is 7.99. The fraction of sp³-hybridized carbons (Fsp3) is 0.154. The Morgan fingerprint density at radius 1 is 1.03 bits per heavy atom. The van der Waals surface area contributed by atoms with Gasteiger partial charge in [-0.25, -0.2) is 9.97 Å². The Kier molecular flexibility index (Phi) is 6.07. The number of benzene rings is 2. The van der Waals surface area contributed by atoms with E-state index in [-0.39, 0.29) is 23.0 Å². The van der Waals surface area contributed by atoms with Gasteiger partial charge in [0.1, 0.15) is 9.53 Å². The summed E-state index contributed by atoms with van der Waals surface area (Å²) in [7, 11) is 0. The van der Waals surface area contributed by atoms with Crippen molar-refractivity contribution in [3.8, 4) is 0 Å². The Morgan fingerprint density at radius 3 is 2.52 bits per heavy atom. The number of nitrogens with zero attached hydrogens (tertiary/aromatic N) is 3. The van der Waals surface area contributed by atoms with Gasteiger partial charge in [0.2, 0.25) is 0 Å². The third kappa shape index (κ3) is 4.34. The molecule has 5 aromatic rings. The summed E-state index contributed by atoms with van der Waals surface area (Å²) in [6.45, 7) is 2.58. The molecule has 5 rings (SSSR count). The van der Waals surface area contributed by atoms with E-state index >= 15 is 0 Å². The molecule has 0 saturated heterocycles. The highest BCUT2D eigenvalue weighted by Crippen LogP contribution is 2.31. The van der Waals surface area contributed by atoms with Gasteiger partial charge in [-0.1, -0.05) is 79.3 Å². The van der Waals surface area contributed by atoms with E-state index in [1.807, 2.05) is 60.7 Å². The van der Waals surface area contributed by atoms with Crippen LogP contribution < -0.4 is 5.56 Å². The third-order valence-electron chi connectivity index (χ3n) is 5.57. The van der Waals surface area contributed by atoms with Crippen molar-refractivity contribution < 1.29 is 4.79 Å². The normalized spacial score (nSPS) is 12.3. The second-order valence-corrected chi connectivity index (χ2v) is 9.78. The van der Waals surface area contributed by atoms with Crippen LogP contribution in [-0.2, 0) is 6.54 Å². The molecule has 1 atom stereocenters. The molecule has 3 aromatic heterocycles. The first-order chi connectivity index (χ1) is 16.1. The van der Waals surface area contributed by atoms with Crippen LogP contribution in [0.2, 0.25) is 0 Å². The molecule has 3 heterocycles. The van der Waals surface area contributed by atoms with Crippen molar-refractivity contribution in [3.05, 3.63) is 100 Å². The fourth-order valence-corrected chi connectivity index (χ4v) is 5.74. The van der Waals surface area contributed by atoms with E-state index in [2.05, 4.69) is 24.0 Å². The molecule has 0 saturated carbocycles. The lowest BCUT2D eigenvalue weighted by Gasteiger charge is -2.17. The second kappa shape index (κ2) is 9.29. The van der Waals surface area contributed by atoms with Crippen molar-refractivity contribution in [2.75, 3.05) is 5.75 Å². The van der Waals surface area contributed by atoms with Gasteiger partial charge in [-0.15, -0.1) is 11.3 Å². The van der Waals surface area contributed by atoms with Crippen molar-refractivity contribution in [1.29, 1.82) is 0 Å². The molecule has 7 heteroatoms. The van der Waals surface area contributed by atoms with E-state index in [1.54, 1.807) is 10.8 Å². The molecule has 164 valence electrons. The average molecular weight is 472 g/mol. The minimum atomic E-state index is -0.0829. The number of aromatic nitrogens is 3. The predicted molar refractivity (Wildman–Crippen MR) is 136 cm³/mol. The number of hydrogen-bond donors (Lipinski definition) is 0. The fourth-order valence-electron chi connectivity index (χ4n) is 3.81. The van der Waals surface area contributed by atoms with E-state index in [9.17, 15) is 9.59 Å². The molecule has 0 spiro atoms. The highest BCUT2D eigenvalue weighted by Gasteiger charge is 2.20. The summed E-state index contributed by atoms with van der Waals surface area (Å²) in [5.74, 6) is 0.330. The van der Waals surface area contributed by atoms with Crippen LogP contribution in [0.25, 0.3) is 20.4 Å². The van der Waals surface area contributed by atoms with Crippen molar-refractivity contribution in [2.45, 2.75) is 24.5 Å². The molecular formula is C26H21N3O2S2. The van der Waals surface area contributed by atoms with Crippen LogP contribution in [0.5, 0.6) is 0 Å². The maximum Gasteiger partial charge on any atom is 0.272 e. The zero-order chi connectivity index (χ0) is 22.8. The number of thiophene rings is 1. The number of thioether (sulfide) groups is 1. The van der Waals surface area contributed by atoms with Gasteiger partial charge in [0.05, 0.1) is 11.3 Å². The Labute approximate surface area is 199 Å². The summed E-state index contributed by atoms with van der Waals surface area (Å²) in [6.07, 6.45) is 1.72. The summed E-state index contributed by atoms with van der Waals surface area (Å²) in [5.41, 5.74) is 2.38. The van der Waals surface area contributed by atoms with E-state index in [0.717, 1.165) is 15.8 Å². The quantitative estimate of drug-likeness (QED) is 0.171. The summed E-state index contributed by atoms with van der Waals surface area (Å²) in [6, 6.07) is 23.1. The number of rotatable bonds is 7. The Morgan fingerprint density at radius 2 is 1.76 bits per heavy atom. The minimum Gasteiger partial charge on any atom is -0.293 e. The van der Waals surface area contributed by atoms with Crippen LogP contribution in [0.3, 0.4) is 0 Å². The Balaban J connectivity index is 1.57. The average Bonchev–Trinajstić information content (AvgIpc) is 3.24. The Bertz CT molecular complexity index is 1490. The van der Waals surface area contributed by atoms with Gasteiger partial charge in [-0.05, 0) is 23.6 Å². The molecule has 0 N–H and O–H groups in total. The maximum absolute atomic E-state index is 13.6. The van der Waals surface area contributed by atoms with Gasteiger partial charge >= 0.3 is 0 Å². The smallest absolute Gasteiger partial charge is 0.272 e. The number of ketones is 1. The summed E-state index contributed by atoms with van der Waals surface area (Å²) in [4.78, 5) is 36.4. The molecule has 0 unspecified atom stereocenters. The summed E-state index contributed by atoms with van der Waals surface area (Å²) in [5, 5.41) is 1.43. The molecule has 0 amide bonds. The lowest BCUT2D eigenvalue weighted by atomic mass is 10.0. The highest BCUT2D eigenvalue weighted by atomic mass is 32.2. The molecule has 5 nitrogen and oxygen atoms in total. The number of carbonyl (C=O) groups is 1. The first kappa shape index (κ1) is 21.6. The molecule has 0 fully saturated rings. The first-order valence-corrected chi connectivity index (χ1v) is 12.5. The molecule has 0 aliphatic rings. The van der Waals surface area contributed by atoms with E-state index in [1.165, 1.54) is 23.1 Å². The monoisotopic (exact) mass is 471 g/mol. The van der Waals surface area contributed by atoms with Crippen molar-refractivity contribution in [2.24, 2.45) is 0 Å². The number of hydrogen-bond acceptors (Lipinski definition) is 6. The van der Waals surface area contributed by atoms with Gasteiger partial charge in [0.25, 0.3) is 5.56 Å². The largest absolute Gasteiger partial charge is 0.293 e. The number of pyridine rings is 1. The molecular weight excluding hydrogens is 450 g/mol. The molecule has 0 aliphatic carbocycles. The van der Waals surface area contributed by atoms with Crippen LogP contribution >= 0.6 is 23.1 Å². The van der Waals surface area contributed by atoms with Crippen LogP contribution in [-0.4, -0.2) is 26.1 Å². The van der Waals surface area contributed by atoms with Gasteiger partial charge < -0.3 is 0 Å². The maximum atomic E-state index is 13.6. The van der Waals surface area contributed by atoms with Gasteiger partial charge in [-0.3, -0.25) is 14.2 Å². The van der Waals surface area contributed by atoms with Crippen molar-refractivity contribution in [1.82, 2.24) is 14.5 Å². The Hall–Kier alpha value is -3.29. The molecule has 0 aliphatic heterocycles. The minimum absolute atomic E-state index is 0.00875. The van der Waals surface area contributed by atoms with Crippen molar-refractivity contribution in [3.63, 3.8) is 0 Å². The number of Topliss-reactive ketones (excluding diaryl/α,β-unsaturated/α-hetero) is 1. The van der Waals surface area contributed by atoms with E-state index < -0.39 is 0 Å². The lowest BCUT2D eigenvalue weighted by Crippen LogP contribution is -2.25. The van der Waals surface area contributed by atoms with Gasteiger partial charge in [-0.2, -0.15) is 0 Å². The molecule has 0 radical (unpaired) electrons. The lowest BCUT2D eigenvalue weighted by molar-refractivity contribution is 0.102. The van der Waals surface area contributed by atoms with E-state index in [0.29, 0.717) is 27.5 Å².